The number of methoxy groups -OCH3 is 1. The van der Waals surface area contributed by atoms with Crippen LogP contribution < -0.4 is 10.1 Å². The van der Waals surface area contributed by atoms with Crippen molar-refractivity contribution in [3.05, 3.63) is 29.0 Å². The first-order chi connectivity index (χ1) is 9.29. The Balaban J connectivity index is 1.89. The highest BCUT2D eigenvalue weighted by atomic mass is 32.1. The highest BCUT2D eigenvalue weighted by Gasteiger charge is 2.07. The second-order valence-electron chi connectivity index (χ2n) is 3.82. The molecular formula is C12H16N4O2S. The summed E-state index contributed by atoms with van der Waals surface area (Å²) >= 11 is 1.42. The SMILES string of the molecule is COCCNCc1nnc(Oc2cccnc2C)s1. The van der Waals surface area contributed by atoms with Crippen molar-refractivity contribution in [1.82, 2.24) is 20.5 Å². The van der Waals surface area contributed by atoms with Gasteiger partial charge in [-0.25, -0.2) is 0 Å². The van der Waals surface area contributed by atoms with Crippen LogP contribution in [0.5, 0.6) is 10.9 Å². The number of aryl methyl sites for hydroxylation is 1. The molecule has 0 amide bonds. The van der Waals surface area contributed by atoms with Crippen LogP contribution in [0, 0.1) is 6.92 Å². The molecule has 0 fully saturated rings. The Morgan fingerprint density at radius 2 is 2.26 bits per heavy atom. The van der Waals surface area contributed by atoms with Crippen LogP contribution in [0.2, 0.25) is 0 Å². The van der Waals surface area contributed by atoms with Gasteiger partial charge in [0.2, 0.25) is 0 Å². The maximum Gasteiger partial charge on any atom is 0.299 e. The summed E-state index contributed by atoms with van der Waals surface area (Å²) in [5.74, 6) is 0.706. The van der Waals surface area contributed by atoms with Gasteiger partial charge in [-0.2, -0.15) is 0 Å². The molecule has 19 heavy (non-hydrogen) atoms. The van der Waals surface area contributed by atoms with Crippen LogP contribution in [-0.2, 0) is 11.3 Å². The molecule has 2 aromatic rings. The van der Waals surface area contributed by atoms with Crippen LogP contribution in [0.3, 0.4) is 0 Å². The van der Waals surface area contributed by atoms with Crippen LogP contribution in [0.4, 0.5) is 0 Å². The topological polar surface area (TPSA) is 69.2 Å². The van der Waals surface area contributed by atoms with Crippen LogP contribution >= 0.6 is 11.3 Å². The molecule has 0 unspecified atom stereocenters. The van der Waals surface area contributed by atoms with Crippen molar-refractivity contribution in [1.29, 1.82) is 0 Å². The third-order valence-electron chi connectivity index (χ3n) is 2.36. The van der Waals surface area contributed by atoms with E-state index in [1.165, 1.54) is 11.3 Å². The van der Waals surface area contributed by atoms with Gasteiger partial charge >= 0.3 is 0 Å². The van der Waals surface area contributed by atoms with E-state index in [0.29, 0.717) is 24.1 Å². The Kier molecular flexibility index (Phi) is 5.20. The lowest BCUT2D eigenvalue weighted by atomic mass is 10.3. The van der Waals surface area contributed by atoms with Crippen molar-refractivity contribution < 1.29 is 9.47 Å². The molecule has 0 aliphatic rings. The molecule has 6 nitrogen and oxygen atoms in total. The molecule has 0 atom stereocenters. The summed E-state index contributed by atoms with van der Waals surface area (Å²) in [5, 5.41) is 12.7. The van der Waals surface area contributed by atoms with Crippen molar-refractivity contribution in [3.63, 3.8) is 0 Å². The number of rotatable bonds is 7. The molecule has 0 spiro atoms. The smallest absolute Gasteiger partial charge is 0.299 e. The Morgan fingerprint density at radius 3 is 3.05 bits per heavy atom. The van der Waals surface area contributed by atoms with Crippen LogP contribution in [0.15, 0.2) is 18.3 Å². The summed E-state index contributed by atoms with van der Waals surface area (Å²) in [7, 11) is 1.68. The van der Waals surface area contributed by atoms with Gasteiger partial charge in [-0.05, 0) is 19.1 Å². The predicted octanol–water partition coefficient (Wildman–Crippen LogP) is 1.77. The second-order valence-corrected chi connectivity index (χ2v) is 4.84. The average molecular weight is 280 g/mol. The Labute approximate surface area is 115 Å². The minimum atomic E-state index is 0.527. The summed E-state index contributed by atoms with van der Waals surface area (Å²) < 4.78 is 10.6. The number of hydrogen-bond donors (Lipinski definition) is 1. The van der Waals surface area contributed by atoms with E-state index in [1.54, 1.807) is 13.3 Å². The lowest BCUT2D eigenvalue weighted by Gasteiger charge is -2.02. The van der Waals surface area contributed by atoms with Crippen molar-refractivity contribution >= 4 is 11.3 Å². The zero-order chi connectivity index (χ0) is 13.5. The largest absolute Gasteiger partial charge is 0.428 e. The lowest BCUT2D eigenvalue weighted by Crippen LogP contribution is -2.18. The molecule has 7 heteroatoms. The number of aromatic nitrogens is 3. The van der Waals surface area contributed by atoms with E-state index in [2.05, 4.69) is 20.5 Å². The van der Waals surface area contributed by atoms with Gasteiger partial charge in [0.15, 0.2) is 5.75 Å². The van der Waals surface area contributed by atoms with E-state index in [-0.39, 0.29) is 0 Å². The molecule has 0 saturated heterocycles. The van der Waals surface area contributed by atoms with Gasteiger partial charge in [0.05, 0.1) is 12.3 Å². The van der Waals surface area contributed by atoms with Crippen molar-refractivity contribution in [2.45, 2.75) is 13.5 Å². The number of hydrogen-bond acceptors (Lipinski definition) is 7. The minimum absolute atomic E-state index is 0.527. The van der Waals surface area contributed by atoms with Crippen molar-refractivity contribution in [2.24, 2.45) is 0 Å². The predicted molar refractivity (Wildman–Crippen MR) is 72.5 cm³/mol. The fraction of sp³-hybridized carbons (Fsp3) is 0.417. The zero-order valence-electron chi connectivity index (χ0n) is 10.9. The Morgan fingerprint density at radius 1 is 1.37 bits per heavy atom. The third-order valence-corrected chi connectivity index (χ3v) is 3.16. The number of ether oxygens (including phenoxy) is 2. The first-order valence-electron chi connectivity index (χ1n) is 5.91. The summed E-state index contributed by atoms with van der Waals surface area (Å²) in [4.78, 5) is 4.16. The van der Waals surface area contributed by atoms with Gasteiger partial charge < -0.3 is 14.8 Å². The maximum absolute atomic E-state index is 5.65. The highest BCUT2D eigenvalue weighted by molar-refractivity contribution is 7.13. The molecule has 0 aliphatic heterocycles. The quantitative estimate of drug-likeness (QED) is 0.780. The highest BCUT2D eigenvalue weighted by Crippen LogP contribution is 2.26. The number of pyridine rings is 1. The molecule has 0 saturated carbocycles. The second kappa shape index (κ2) is 7.13. The van der Waals surface area contributed by atoms with Gasteiger partial charge in [0.1, 0.15) is 5.01 Å². The minimum Gasteiger partial charge on any atom is -0.428 e. The fourth-order valence-electron chi connectivity index (χ4n) is 1.39. The molecule has 2 heterocycles. The van der Waals surface area contributed by atoms with Crippen LogP contribution in [-0.4, -0.2) is 35.4 Å². The van der Waals surface area contributed by atoms with E-state index >= 15 is 0 Å². The van der Waals surface area contributed by atoms with E-state index in [1.807, 2.05) is 19.1 Å². The summed E-state index contributed by atoms with van der Waals surface area (Å²) in [6.07, 6.45) is 1.73. The third kappa shape index (κ3) is 4.23. The van der Waals surface area contributed by atoms with E-state index < -0.39 is 0 Å². The van der Waals surface area contributed by atoms with E-state index in [9.17, 15) is 0 Å². The first-order valence-corrected chi connectivity index (χ1v) is 6.72. The number of nitrogens with one attached hydrogen (secondary N) is 1. The maximum atomic E-state index is 5.65. The van der Waals surface area contributed by atoms with Crippen molar-refractivity contribution in [2.75, 3.05) is 20.3 Å². The molecule has 0 radical (unpaired) electrons. The summed E-state index contributed by atoms with van der Waals surface area (Å²) in [6, 6.07) is 3.69. The van der Waals surface area contributed by atoms with Gasteiger partial charge in [-0.3, -0.25) is 4.98 Å². The molecule has 2 rings (SSSR count). The standard InChI is InChI=1S/C12H16N4O2S/c1-9-10(4-3-5-14-9)18-12-16-15-11(19-12)8-13-6-7-17-2/h3-5,13H,6-8H2,1-2H3. The van der Waals surface area contributed by atoms with Gasteiger partial charge in [0, 0.05) is 26.4 Å². The fourth-order valence-corrected chi connectivity index (χ4v) is 2.06. The first kappa shape index (κ1) is 13.9. The van der Waals surface area contributed by atoms with E-state index in [0.717, 1.165) is 17.2 Å². The molecule has 0 bridgehead atoms. The van der Waals surface area contributed by atoms with Crippen LogP contribution in [0.25, 0.3) is 0 Å². The van der Waals surface area contributed by atoms with Crippen molar-refractivity contribution in [3.8, 4) is 10.9 Å². The van der Waals surface area contributed by atoms with E-state index in [4.69, 9.17) is 9.47 Å². The monoisotopic (exact) mass is 280 g/mol. The Hall–Kier alpha value is -1.57. The molecule has 102 valence electrons. The number of nitrogens with zero attached hydrogens (tertiary/aromatic N) is 3. The van der Waals surface area contributed by atoms with Gasteiger partial charge in [-0.15, -0.1) is 5.10 Å². The molecule has 0 aliphatic carbocycles. The lowest BCUT2D eigenvalue weighted by molar-refractivity contribution is 0.199. The molecular weight excluding hydrogens is 264 g/mol. The summed E-state index contributed by atoms with van der Waals surface area (Å²) in [5.41, 5.74) is 0.831. The molecule has 2 aromatic heterocycles. The average Bonchev–Trinajstić information content (AvgIpc) is 2.85. The normalized spacial score (nSPS) is 10.6. The van der Waals surface area contributed by atoms with Gasteiger partial charge in [0.25, 0.3) is 5.19 Å². The summed E-state index contributed by atoms with van der Waals surface area (Å²) in [6.45, 7) is 4.02. The van der Waals surface area contributed by atoms with Gasteiger partial charge in [-0.1, -0.05) is 16.4 Å². The Bertz CT molecular complexity index is 518. The van der Waals surface area contributed by atoms with Crippen LogP contribution in [0.1, 0.15) is 10.7 Å². The zero-order valence-corrected chi connectivity index (χ0v) is 11.7. The molecule has 0 aromatic carbocycles. The molecule has 1 N–H and O–H groups in total.